The Morgan fingerprint density at radius 3 is 2.82 bits per heavy atom. The Bertz CT molecular complexity index is 271. The molecule has 0 spiro atoms. The number of aldehydes is 1. The summed E-state index contributed by atoms with van der Waals surface area (Å²) >= 11 is 0. The van der Waals surface area contributed by atoms with Crippen molar-refractivity contribution in [3.63, 3.8) is 0 Å². The fraction of sp³-hybridized carbons (Fsp3) is 0.250. The average Bonchev–Trinajstić information content (AvgIpc) is 2.03. The molecule has 0 aliphatic rings. The van der Waals surface area contributed by atoms with E-state index in [0.29, 0.717) is 11.4 Å². The molecule has 0 N–H and O–H groups in total. The van der Waals surface area contributed by atoms with Crippen LogP contribution in [0.4, 0.5) is 0 Å². The molecule has 0 radical (unpaired) electrons. The van der Waals surface area contributed by atoms with Crippen LogP contribution in [0.3, 0.4) is 0 Å². The second-order valence-electron chi connectivity index (χ2n) is 2.20. The molecule has 0 aliphatic carbocycles. The summed E-state index contributed by atoms with van der Waals surface area (Å²) in [4.78, 5) is 14.4. The highest BCUT2D eigenvalue weighted by Gasteiger charge is 1.97. The highest BCUT2D eigenvalue weighted by Crippen LogP contribution is 2.09. The summed E-state index contributed by atoms with van der Waals surface area (Å²) in [6, 6.07) is 3.30. The summed E-state index contributed by atoms with van der Waals surface area (Å²) in [7, 11) is 1.52. The van der Waals surface area contributed by atoms with Crippen molar-refractivity contribution in [3.05, 3.63) is 23.4 Å². The van der Waals surface area contributed by atoms with E-state index in [-0.39, 0.29) is 0 Å². The zero-order chi connectivity index (χ0) is 8.27. The van der Waals surface area contributed by atoms with Crippen LogP contribution in [0.5, 0.6) is 5.88 Å². The number of aromatic nitrogens is 1. The first-order valence-corrected chi connectivity index (χ1v) is 3.24. The molecule has 0 saturated heterocycles. The number of carbonyl (C=O) groups is 1. The first-order chi connectivity index (χ1) is 5.26. The van der Waals surface area contributed by atoms with Crippen LogP contribution in [0.25, 0.3) is 0 Å². The van der Waals surface area contributed by atoms with Gasteiger partial charge in [0.05, 0.1) is 7.11 Å². The number of carbonyl (C=O) groups excluding carboxylic acids is 1. The standard InChI is InChI=1S/C8H9NO2/c1-6-3-7(5-10)4-8(9-6)11-2/h3-5H,1-2H3. The molecule has 0 aliphatic heterocycles. The van der Waals surface area contributed by atoms with Gasteiger partial charge in [-0.05, 0) is 13.0 Å². The number of pyridine rings is 1. The summed E-state index contributed by atoms with van der Waals surface area (Å²) in [5, 5.41) is 0. The van der Waals surface area contributed by atoms with Crippen LogP contribution in [-0.2, 0) is 0 Å². The smallest absolute Gasteiger partial charge is 0.213 e. The number of ether oxygens (including phenoxy) is 1. The number of rotatable bonds is 2. The molecule has 1 aromatic heterocycles. The maximum absolute atomic E-state index is 10.3. The predicted octanol–water partition coefficient (Wildman–Crippen LogP) is 1.21. The van der Waals surface area contributed by atoms with Crippen molar-refractivity contribution >= 4 is 6.29 Å². The molecule has 0 atom stereocenters. The molecule has 0 bridgehead atoms. The molecule has 58 valence electrons. The minimum atomic E-state index is 0.479. The Kier molecular flexibility index (Phi) is 2.21. The van der Waals surface area contributed by atoms with Crippen LogP contribution in [0.15, 0.2) is 12.1 Å². The zero-order valence-corrected chi connectivity index (χ0v) is 6.50. The van der Waals surface area contributed by atoms with E-state index in [2.05, 4.69) is 4.98 Å². The van der Waals surface area contributed by atoms with Gasteiger partial charge in [0.1, 0.15) is 6.29 Å². The van der Waals surface area contributed by atoms with E-state index >= 15 is 0 Å². The van der Waals surface area contributed by atoms with Gasteiger partial charge in [-0.25, -0.2) is 4.98 Å². The molecule has 0 saturated carbocycles. The Hall–Kier alpha value is -1.38. The van der Waals surface area contributed by atoms with Gasteiger partial charge in [0.2, 0.25) is 5.88 Å². The van der Waals surface area contributed by atoms with Gasteiger partial charge in [0.15, 0.2) is 0 Å². The number of hydrogen-bond donors (Lipinski definition) is 0. The van der Waals surface area contributed by atoms with Gasteiger partial charge < -0.3 is 4.74 Å². The van der Waals surface area contributed by atoms with E-state index in [1.54, 1.807) is 12.1 Å². The zero-order valence-electron chi connectivity index (χ0n) is 6.50. The van der Waals surface area contributed by atoms with E-state index in [1.165, 1.54) is 7.11 Å². The van der Waals surface area contributed by atoms with Gasteiger partial charge in [0.25, 0.3) is 0 Å². The highest BCUT2D eigenvalue weighted by molar-refractivity contribution is 5.75. The predicted molar refractivity (Wildman–Crippen MR) is 40.9 cm³/mol. The number of methoxy groups -OCH3 is 1. The monoisotopic (exact) mass is 151 g/mol. The van der Waals surface area contributed by atoms with Gasteiger partial charge in [0, 0.05) is 17.3 Å². The summed E-state index contributed by atoms with van der Waals surface area (Å²) in [5.41, 5.74) is 1.38. The molecule has 1 aromatic rings. The fourth-order valence-electron chi connectivity index (χ4n) is 0.836. The number of hydrogen-bond acceptors (Lipinski definition) is 3. The van der Waals surface area contributed by atoms with E-state index in [0.717, 1.165) is 12.0 Å². The molecule has 1 rings (SSSR count). The minimum absolute atomic E-state index is 0.479. The van der Waals surface area contributed by atoms with Crippen LogP contribution >= 0.6 is 0 Å². The van der Waals surface area contributed by atoms with Gasteiger partial charge in [-0.3, -0.25) is 4.79 Å². The molecular formula is C8H9NO2. The first kappa shape index (κ1) is 7.72. The first-order valence-electron chi connectivity index (χ1n) is 3.24. The second kappa shape index (κ2) is 3.14. The molecule has 0 unspecified atom stereocenters. The van der Waals surface area contributed by atoms with E-state index in [4.69, 9.17) is 4.74 Å². The summed E-state index contributed by atoms with van der Waals surface area (Å²) < 4.78 is 4.87. The fourth-order valence-corrected chi connectivity index (χ4v) is 0.836. The Morgan fingerprint density at radius 2 is 2.27 bits per heavy atom. The van der Waals surface area contributed by atoms with E-state index in [9.17, 15) is 4.79 Å². The van der Waals surface area contributed by atoms with Crippen LogP contribution < -0.4 is 4.74 Å². The van der Waals surface area contributed by atoms with Crippen LogP contribution in [0.1, 0.15) is 16.1 Å². The third kappa shape index (κ3) is 1.77. The van der Waals surface area contributed by atoms with Crippen LogP contribution in [-0.4, -0.2) is 18.4 Å². The number of aryl methyl sites for hydroxylation is 1. The minimum Gasteiger partial charge on any atom is -0.481 e. The molecular weight excluding hydrogens is 142 g/mol. The topological polar surface area (TPSA) is 39.2 Å². The van der Waals surface area contributed by atoms with Crippen molar-refractivity contribution < 1.29 is 9.53 Å². The lowest BCUT2D eigenvalue weighted by Crippen LogP contribution is -1.92. The van der Waals surface area contributed by atoms with Gasteiger partial charge in [-0.15, -0.1) is 0 Å². The molecule has 1 heterocycles. The summed E-state index contributed by atoms with van der Waals surface area (Å²) in [6.07, 6.45) is 0.775. The normalized spacial score (nSPS) is 9.27. The maximum Gasteiger partial charge on any atom is 0.213 e. The van der Waals surface area contributed by atoms with E-state index < -0.39 is 0 Å². The van der Waals surface area contributed by atoms with Crippen molar-refractivity contribution in [1.82, 2.24) is 4.98 Å². The van der Waals surface area contributed by atoms with E-state index in [1.807, 2.05) is 6.92 Å². The third-order valence-corrected chi connectivity index (χ3v) is 1.30. The van der Waals surface area contributed by atoms with Gasteiger partial charge in [-0.1, -0.05) is 0 Å². The van der Waals surface area contributed by atoms with Crippen molar-refractivity contribution in [2.45, 2.75) is 6.92 Å². The lowest BCUT2D eigenvalue weighted by molar-refractivity contribution is 0.112. The highest BCUT2D eigenvalue weighted by atomic mass is 16.5. The van der Waals surface area contributed by atoms with Crippen molar-refractivity contribution in [1.29, 1.82) is 0 Å². The maximum atomic E-state index is 10.3. The van der Waals surface area contributed by atoms with Crippen molar-refractivity contribution in [2.24, 2.45) is 0 Å². The molecule has 0 fully saturated rings. The quantitative estimate of drug-likeness (QED) is 0.596. The largest absolute Gasteiger partial charge is 0.481 e. The molecule has 11 heavy (non-hydrogen) atoms. The Morgan fingerprint density at radius 1 is 1.55 bits per heavy atom. The van der Waals surface area contributed by atoms with Gasteiger partial charge >= 0.3 is 0 Å². The Labute approximate surface area is 65.0 Å². The molecule has 0 aromatic carbocycles. The number of nitrogens with zero attached hydrogens (tertiary/aromatic N) is 1. The SMILES string of the molecule is COc1cc(C=O)cc(C)n1. The Balaban J connectivity index is 3.11. The van der Waals surface area contributed by atoms with Crippen molar-refractivity contribution in [2.75, 3.05) is 7.11 Å². The van der Waals surface area contributed by atoms with Gasteiger partial charge in [-0.2, -0.15) is 0 Å². The average molecular weight is 151 g/mol. The summed E-state index contributed by atoms with van der Waals surface area (Å²) in [6.45, 7) is 1.82. The van der Waals surface area contributed by atoms with Crippen molar-refractivity contribution in [3.8, 4) is 5.88 Å². The lowest BCUT2D eigenvalue weighted by Gasteiger charge is -1.99. The van der Waals surface area contributed by atoms with Crippen LogP contribution in [0, 0.1) is 6.92 Å². The lowest BCUT2D eigenvalue weighted by atomic mass is 10.2. The molecule has 3 nitrogen and oxygen atoms in total. The molecule has 0 amide bonds. The molecule has 3 heteroatoms. The second-order valence-corrected chi connectivity index (χ2v) is 2.20. The van der Waals surface area contributed by atoms with Crippen LogP contribution in [0.2, 0.25) is 0 Å². The third-order valence-electron chi connectivity index (χ3n) is 1.30. The summed E-state index contributed by atoms with van der Waals surface area (Å²) in [5.74, 6) is 0.479.